The predicted molar refractivity (Wildman–Crippen MR) is 75.3 cm³/mol. The van der Waals surface area contributed by atoms with E-state index in [-0.39, 0.29) is 12.2 Å². The first-order chi connectivity index (χ1) is 10.3. The molecule has 0 bridgehead atoms. The second-order valence-corrected chi connectivity index (χ2v) is 5.16. The number of ketones is 1. The number of H-pyrrole nitrogens is 1. The lowest BCUT2D eigenvalue weighted by atomic mass is 10.1. The minimum atomic E-state index is -1.00. The quantitative estimate of drug-likeness (QED) is 0.373. The van der Waals surface area contributed by atoms with Gasteiger partial charge in [-0.2, -0.15) is 0 Å². The highest BCUT2D eigenvalue weighted by Crippen LogP contribution is 2.29. The van der Waals surface area contributed by atoms with Crippen molar-refractivity contribution in [2.45, 2.75) is 37.8 Å². The van der Waals surface area contributed by atoms with Crippen molar-refractivity contribution in [3.63, 3.8) is 0 Å². The third-order valence-electron chi connectivity index (χ3n) is 3.51. The Kier molecular flexibility index (Phi) is 4.47. The van der Waals surface area contributed by atoms with Crippen LogP contribution in [0.4, 0.5) is 5.82 Å². The van der Waals surface area contributed by atoms with Gasteiger partial charge < -0.3 is 26.4 Å². The van der Waals surface area contributed by atoms with Gasteiger partial charge in [-0.25, -0.2) is 4.79 Å². The van der Waals surface area contributed by atoms with Crippen LogP contribution in [0.1, 0.15) is 29.9 Å². The second kappa shape index (κ2) is 6.01. The number of ether oxygens (including phenoxy) is 1. The molecule has 0 saturated carbocycles. The van der Waals surface area contributed by atoms with Crippen LogP contribution in [0.2, 0.25) is 0 Å². The number of Topliss-reactive ketones (excluding diaryl/α,β-unsaturated/α-hetero) is 1. The molecule has 10 heteroatoms. The van der Waals surface area contributed by atoms with E-state index in [4.69, 9.17) is 21.3 Å². The Balaban J connectivity index is 2.54. The second-order valence-electron chi connectivity index (χ2n) is 5.16. The average molecular weight is 314 g/mol. The van der Waals surface area contributed by atoms with Crippen LogP contribution in [0.5, 0.6) is 0 Å². The molecule has 7 N–H and O–H groups in total. The van der Waals surface area contributed by atoms with Crippen molar-refractivity contribution >= 4 is 11.6 Å². The van der Waals surface area contributed by atoms with E-state index in [1.165, 1.54) is 6.92 Å². The maximum Gasteiger partial charge on any atom is 0.332 e. The molecule has 1 unspecified atom stereocenters. The van der Waals surface area contributed by atoms with E-state index in [0.717, 1.165) is 4.57 Å². The zero-order valence-corrected chi connectivity index (χ0v) is 11.9. The summed E-state index contributed by atoms with van der Waals surface area (Å²) in [6, 6.07) is -0.977. The normalized spacial score (nSPS) is 26.1. The monoisotopic (exact) mass is 314 g/mol. The summed E-state index contributed by atoms with van der Waals surface area (Å²) < 4.78 is 6.19. The van der Waals surface area contributed by atoms with Crippen molar-refractivity contribution in [2.75, 3.05) is 12.3 Å². The fraction of sp³-hybridized carbons (Fsp3) is 0.583. The molecule has 22 heavy (non-hydrogen) atoms. The van der Waals surface area contributed by atoms with Crippen molar-refractivity contribution < 1.29 is 19.7 Å². The largest absolute Gasteiger partial charge is 0.394 e. The molecule has 122 valence electrons. The van der Waals surface area contributed by atoms with Crippen molar-refractivity contribution in [3.8, 4) is 0 Å². The van der Waals surface area contributed by atoms with E-state index in [9.17, 15) is 19.5 Å². The lowest BCUT2D eigenvalue weighted by Crippen LogP contribution is -2.41. The Bertz CT molecular complexity index is 694. The first kappa shape index (κ1) is 16.4. The molecular weight excluding hydrogens is 296 g/mol. The van der Waals surface area contributed by atoms with Crippen molar-refractivity contribution in [1.82, 2.24) is 9.55 Å². The fourth-order valence-electron chi connectivity index (χ4n) is 2.36. The highest BCUT2D eigenvalue weighted by atomic mass is 16.5. The smallest absolute Gasteiger partial charge is 0.332 e. The van der Waals surface area contributed by atoms with E-state index >= 15 is 0 Å². The number of nitrogens with one attached hydrogen (secondary N) is 1. The highest BCUT2D eigenvalue weighted by molar-refractivity contribution is 6.02. The maximum atomic E-state index is 12.0. The lowest BCUT2D eigenvalue weighted by Gasteiger charge is -2.18. The molecule has 1 aliphatic rings. The summed E-state index contributed by atoms with van der Waals surface area (Å²) >= 11 is 0. The van der Waals surface area contributed by atoms with Crippen LogP contribution in [0.25, 0.3) is 0 Å². The third-order valence-corrected chi connectivity index (χ3v) is 3.51. The number of carbonyl (C=O) groups is 1. The Morgan fingerprint density at radius 3 is 2.68 bits per heavy atom. The molecule has 1 aromatic heterocycles. The van der Waals surface area contributed by atoms with Crippen molar-refractivity contribution in [2.24, 2.45) is 5.73 Å². The van der Waals surface area contributed by atoms with Gasteiger partial charge in [0.2, 0.25) is 0 Å². The van der Waals surface area contributed by atoms with Crippen LogP contribution in [-0.2, 0) is 4.74 Å². The van der Waals surface area contributed by atoms with E-state index in [1.807, 2.05) is 4.98 Å². The summed E-state index contributed by atoms with van der Waals surface area (Å²) in [5.74, 6) is -1.10. The number of hydrogen-bond acceptors (Lipinski definition) is 8. The first-order valence-electron chi connectivity index (χ1n) is 6.66. The predicted octanol–water partition coefficient (Wildman–Crippen LogP) is -2.71. The van der Waals surface area contributed by atoms with Gasteiger partial charge in [-0.3, -0.25) is 19.1 Å². The number of nitrogens with zero attached hydrogens (tertiary/aromatic N) is 1. The summed E-state index contributed by atoms with van der Waals surface area (Å²) in [6.07, 6.45) is -2.90. The molecule has 1 fully saturated rings. The van der Waals surface area contributed by atoms with E-state index < -0.39 is 53.7 Å². The summed E-state index contributed by atoms with van der Waals surface area (Å²) in [7, 11) is 0. The zero-order valence-electron chi connectivity index (χ0n) is 11.9. The number of carbonyl (C=O) groups excluding carboxylic acids is 1. The van der Waals surface area contributed by atoms with E-state index in [2.05, 4.69) is 0 Å². The number of aliphatic hydroxyl groups is 2. The van der Waals surface area contributed by atoms with Crippen LogP contribution in [-0.4, -0.2) is 50.4 Å². The van der Waals surface area contributed by atoms with Crippen LogP contribution in [0, 0.1) is 0 Å². The molecule has 4 atom stereocenters. The number of rotatable bonds is 4. The molecule has 0 spiro atoms. The summed E-state index contributed by atoms with van der Waals surface area (Å²) in [6.45, 7) is 0.940. The molecule has 0 radical (unpaired) electrons. The van der Waals surface area contributed by atoms with E-state index in [0.29, 0.717) is 0 Å². The molecule has 1 saturated heterocycles. The van der Waals surface area contributed by atoms with Gasteiger partial charge in [0, 0.05) is 6.42 Å². The lowest BCUT2D eigenvalue weighted by molar-refractivity contribution is -0.0451. The molecule has 0 aromatic carbocycles. The summed E-state index contributed by atoms with van der Waals surface area (Å²) in [4.78, 5) is 37.7. The minimum absolute atomic E-state index is 0.0206. The number of aromatic nitrogens is 2. The Hall–Kier alpha value is -2.01. The minimum Gasteiger partial charge on any atom is -0.394 e. The van der Waals surface area contributed by atoms with Gasteiger partial charge in [-0.1, -0.05) is 0 Å². The first-order valence-corrected chi connectivity index (χ1v) is 6.66. The SMILES string of the molecule is C[C@H](N)C(=O)c1c(N)n([C@@H]2CC(O)[C@H](CO)O2)c(=O)[nH]c1=O. The number of anilines is 1. The van der Waals surface area contributed by atoms with Gasteiger partial charge in [-0.15, -0.1) is 0 Å². The maximum absolute atomic E-state index is 12.0. The number of nitrogens with two attached hydrogens (primary N) is 2. The van der Waals surface area contributed by atoms with Gasteiger partial charge in [0.15, 0.2) is 5.78 Å². The molecular formula is C12H18N4O6. The average Bonchev–Trinajstić information content (AvgIpc) is 2.78. The number of nitrogen functional groups attached to an aromatic ring is 1. The Labute approximate surface area is 124 Å². The topological polar surface area (TPSA) is 174 Å². The van der Waals surface area contributed by atoms with Crippen LogP contribution in [0.15, 0.2) is 9.59 Å². The van der Waals surface area contributed by atoms with Crippen LogP contribution < -0.4 is 22.7 Å². The molecule has 1 aromatic rings. The fourth-order valence-corrected chi connectivity index (χ4v) is 2.36. The Morgan fingerprint density at radius 2 is 2.18 bits per heavy atom. The van der Waals surface area contributed by atoms with Crippen LogP contribution in [0.3, 0.4) is 0 Å². The van der Waals surface area contributed by atoms with Crippen molar-refractivity contribution in [3.05, 3.63) is 26.4 Å². The number of hydrogen-bond donors (Lipinski definition) is 5. The zero-order chi connectivity index (χ0) is 16.6. The Morgan fingerprint density at radius 1 is 1.55 bits per heavy atom. The van der Waals surface area contributed by atoms with Gasteiger partial charge in [-0.05, 0) is 6.92 Å². The van der Waals surface area contributed by atoms with Gasteiger partial charge in [0.25, 0.3) is 5.56 Å². The highest BCUT2D eigenvalue weighted by Gasteiger charge is 2.37. The molecule has 1 aliphatic heterocycles. The molecule has 2 rings (SSSR count). The standard InChI is InChI=1S/C12H18N4O6/c1-4(13)9(19)8-10(14)16(12(21)15-11(8)20)7-2-5(18)6(3-17)22-7/h4-7,17-18H,2-3,13-14H2,1H3,(H,15,20,21)/t4-,5?,6-,7-/m0/s1. The van der Waals surface area contributed by atoms with Gasteiger partial charge in [0.05, 0.1) is 18.8 Å². The summed E-state index contributed by atoms with van der Waals surface area (Å²) in [5, 5.41) is 18.8. The number of aromatic amines is 1. The van der Waals surface area contributed by atoms with Crippen molar-refractivity contribution in [1.29, 1.82) is 0 Å². The number of aliphatic hydroxyl groups excluding tert-OH is 2. The van der Waals surface area contributed by atoms with Gasteiger partial charge >= 0.3 is 5.69 Å². The molecule has 0 aliphatic carbocycles. The summed E-state index contributed by atoms with van der Waals surface area (Å²) in [5.41, 5.74) is 9.00. The molecule has 2 heterocycles. The molecule has 10 nitrogen and oxygen atoms in total. The third kappa shape index (κ3) is 2.68. The van der Waals surface area contributed by atoms with E-state index in [1.54, 1.807) is 0 Å². The van der Waals surface area contributed by atoms with Gasteiger partial charge in [0.1, 0.15) is 23.7 Å². The molecule has 0 amide bonds. The van der Waals surface area contributed by atoms with Crippen LogP contribution >= 0.6 is 0 Å².